The fourth-order valence-corrected chi connectivity index (χ4v) is 4.72. The number of nitrogens with one attached hydrogen (secondary N) is 1. The Labute approximate surface area is 223 Å². The lowest BCUT2D eigenvalue weighted by Gasteiger charge is -2.31. The highest BCUT2D eigenvalue weighted by Crippen LogP contribution is 2.30. The first-order valence-electron chi connectivity index (χ1n) is 12.3. The summed E-state index contributed by atoms with van der Waals surface area (Å²) >= 11 is 3.33. The van der Waals surface area contributed by atoms with Gasteiger partial charge in [-0.3, -0.25) is 14.5 Å². The van der Waals surface area contributed by atoms with Crippen molar-refractivity contribution in [2.24, 2.45) is 5.92 Å². The number of ether oxygens (including phenoxy) is 1. The number of carbonyl (C=O) groups is 2. The zero-order valence-electron chi connectivity index (χ0n) is 20.5. The third-order valence-corrected chi connectivity index (χ3v) is 7.05. The van der Waals surface area contributed by atoms with Crippen molar-refractivity contribution in [3.63, 3.8) is 0 Å². The number of nitrogens with zero attached hydrogens (tertiary/aromatic N) is 4. The van der Waals surface area contributed by atoms with E-state index >= 15 is 0 Å². The van der Waals surface area contributed by atoms with Gasteiger partial charge in [-0.25, -0.2) is 18.7 Å². The van der Waals surface area contributed by atoms with Crippen LogP contribution in [0, 0.1) is 5.92 Å². The fourth-order valence-electron chi connectivity index (χ4n) is 4.52. The molecule has 37 heavy (non-hydrogen) atoms. The van der Waals surface area contributed by atoms with Gasteiger partial charge in [0, 0.05) is 69.9 Å². The van der Waals surface area contributed by atoms with Gasteiger partial charge in [0.1, 0.15) is 18.2 Å². The first kappa shape index (κ1) is 27.1. The Hall–Kier alpha value is -2.92. The number of hydrogen-bond acceptors (Lipinski definition) is 6. The lowest BCUT2D eigenvalue weighted by Crippen LogP contribution is -2.41. The monoisotopic (exact) mass is 577 g/mol. The van der Waals surface area contributed by atoms with Crippen LogP contribution in [0.25, 0.3) is 0 Å². The van der Waals surface area contributed by atoms with Gasteiger partial charge in [0.25, 0.3) is 11.8 Å². The minimum Gasteiger partial charge on any atom is -0.490 e. The molecular formula is C26H30BrF2N5O3. The molecule has 4 rings (SSSR count). The highest BCUT2D eigenvalue weighted by molar-refractivity contribution is 9.10. The summed E-state index contributed by atoms with van der Waals surface area (Å²) in [6, 6.07) is 4.91. The Bertz CT molecular complexity index is 1120. The number of aromatic nitrogens is 2. The van der Waals surface area contributed by atoms with Gasteiger partial charge >= 0.3 is 0 Å². The molecule has 1 N–H and O–H groups in total. The van der Waals surface area contributed by atoms with Gasteiger partial charge in [-0.15, -0.1) is 0 Å². The van der Waals surface area contributed by atoms with Crippen molar-refractivity contribution < 1.29 is 23.1 Å². The minimum atomic E-state index is -2.60. The number of hydrogen-bond donors (Lipinski definition) is 1. The Morgan fingerprint density at radius 2 is 1.95 bits per heavy atom. The van der Waals surface area contributed by atoms with E-state index in [1.165, 1.54) is 0 Å². The Kier molecular flexibility index (Phi) is 8.86. The van der Waals surface area contributed by atoms with E-state index in [-0.39, 0.29) is 31.3 Å². The molecule has 0 unspecified atom stereocenters. The van der Waals surface area contributed by atoms with Gasteiger partial charge in [0.05, 0.1) is 10.2 Å². The molecule has 2 aromatic rings. The quantitative estimate of drug-likeness (QED) is 0.450. The Balaban J connectivity index is 1.39. The predicted molar refractivity (Wildman–Crippen MR) is 139 cm³/mol. The normalized spacial score (nSPS) is 19.4. The molecule has 1 aromatic carbocycles. The number of carbonyl (C=O) groups excluding carboxylic acids is 2. The molecule has 11 heteroatoms. The van der Waals surface area contributed by atoms with Crippen molar-refractivity contribution in [1.29, 1.82) is 0 Å². The summed E-state index contributed by atoms with van der Waals surface area (Å²) in [7, 11) is 0. The van der Waals surface area contributed by atoms with Crippen LogP contribution in [-0.4, -0.2) is 76.8 Å². The number of benzene rings is 1. The lowest BCUT2D eigenvalue weighted by atomic mass is 10.0. The molecule has 0 radical (unpaired) electrons. The third-order valence-electron chi connectivity index (χ3n) is 6.64. The van der Waals surface area contributed by atoms with E-state index in [0.717, 1.165) is 22.8 Å². The summed E-state index contributed by atoms with van der Waals surface area (Å²) in [6.07, 6.45) is 5.81. The van der Waals surface area contributed by atoms with Crippen molar-refractivity contribution in [3.8, 4) is 5.75 Å². The van der Waals surface area contributed by atoms with Crippen LogP contribution in [0.15, 0.2) is 47.7 Å². The average Bonchev–Trinajstić information content (AvgIpc) is 3.35. The SMILES string of the molecule is C=CC(=O)Nc1ccc(C(=O)N2CC[C@@H](Cc3ncc(Br)cn3)C2)cc1OCCN1CCC(F)(F)CC1. The molecule has 8 nitrogen and oxygen atoms in total. The zero-order chi connectivity index (χ0) is 26.4. The minimum absolute atomic E-state index is 0.121. The Morgan fingerprint density at radius 1 is 1.22 bits per heavy atom. The van der Waals surface area contributed by atoms with Crippen LogP contribution in [0.4, 0.5) is 14.5 Å². The van der Waals surface area contributed by atoms with Crippen molar-refractivity contribution in [1.82, 2.24) is 19.8 Å². The molecule has 0 spiro atoms. The standard InChI is InChI=1S/C26H30BrF2N5O3/c1-2-24(35)32-21-4-3-19(14-22(21)37-12-11-33-9-6-26(28,29)7-10-33)25(36)34-8-5-18(17-34)13-23-30-15-20(27)16-31-23/h2-4,14-16,18H,1,5-13,17H2,(H,32,35)/t18-/m0/s1. The maximum absolute atomic E-state index is 13.4. The molecule has 2 saturated heterocycles. The maximum Gasteiger partial charge on any atom is 0.254 e. The van der Waals surface area contributed by atoms with Crippen LogP contribution < -0.4 is 10.1 Å². The second kappa shape index (κ2) is 12.1. The number of piperidine rings is 1. The van der Waals surface area contributed by atoms with Crippen LogP contribution in [0.1, 0.15) is 35.4 Å². The number of amides is 2. The molecule has 2 aliphatic heterocycles. The lowest BCUT2D eigenvalue weighted by molar-refractivity contribution is -0.111. The van der Waals surface area contributed by atoms with Crippen molar-refractivity contribution >= 4 is 33.4 Å². The van der Waals surface area contributed by atoms with Crippen LogP contribution in [-0.2, 0) is 11.2 Å². The van der Waals surface area contributed by atoms with Gasteiger partial charge in [-0.2, -0.15) is 0 Å². The molecule has 0 bridgehead atoms. The molecule has 0 saturated carbocycles. The van der Waals surface area contributed by atoms with E-state index < -0.39 is 11.8 Å². The topological polar surface area (TPSA) is 87.7 Å². The second-order valence-corrected chi connectivity index (χ2v) is 10.3. The smallest absolute Gasteiger partial charge is 0.254 e. The zero-order valence-corrected chi connectivity index (χ0v) is 22.1. The molecule has 1 aromatic heterocycles. The number of halogens is 3. The number of anilines is 1. The van der Waals surface area contributed by atoms with E-state index in [4.69, 9.17) is 4.74 Å². The van der Waals surface area contributed by atoms with E-state index in [2.05, 4.69) is 37.8 Å². The summed E-state index contributed by atoms with van der Waals surface area (Å²) in [5, 5.41) is 2.70. The highest BCUT2D eigenvalue weighted by atomic mass is 79.9. The highest BCUT2D eigenvalue weighted by Gasteiger charge is 2.34. The summed E-state index contributed by atoms with van der Waals surface area (Å²) in [6.45, 7) is 6.00. The predicted octanol–water partition coefficient (Wildman–Crippen LogP) is 4.18. The number of alkyl halides is 2. The van der Waals surface area contributed by atoms with Crippen LogP contribution in [0.3, 0.4) is 0 Å². The molecule has 1 atom stereocenters. The fraction of sp³-hybridized carbons (Fsp3) is 0.462. The van der Waals surface area contributed by atoms with Crippen LogP contribution in [0.5, 0.6) is 5.75 Å². The van der Waals surface area contributed by atoms with Crippen molar-refractivity contribution in [3.05, 3.63) is 59.1 Å². The van der Waals surface area contributed by atoms with Gasteiger partial charge < -0.3 is 15.0 Å². The Morgan fingerprint density at radius 3 is 2.65 bits per heavy atom. The molecule has 3 heterocycles. The molecule has 0 aliphatic carbocycles. The first-order chi connectivity index (χ1) is 17.7. The third kappa shape index (κ3) is 7.54. The second-order valence-electron chi connectivity index (χ2n) is 9.38. The van der Waals surface area contributed by atoms with Crippen LogP contribution >= 0.6 is 15.9 Å². The van der Waals surface area contributed by atoms with Gasteiger partial charge in [0.15, 0.2) is 0 Å². The average molecular weight is 578 g/mol. The van der Waals surface area contributed by atoms with Gasteiger partial charge in [-0.1, -0.05) is 6.58 Å². The van der Waals surface area contributed by atoms with E-state index in [1.807, 2.05) is 4.90 Å². The van der Waals surface area contributed by atoms with Crippen molar-refractivity contribution in [2.45, 2.75) is 31.6 Å². The summed E-state index contributed by atoms with van der Waals surface area (Å²) in [5.41, 5.74) is 0.864. The summed E-state index contributed by atoms with van der Waals surface area (Å²) in [4.78, 5) is 37.6. The molecule has 2 amide bonds. The number of rotatable bonds is 9. The molecule has 2 aliphatic rings. The van der Waals surface area contributed by atoms with E-state index in [1.54, 1.807) is 35.5 Å². The summed E-state index contributed by atoms with van der Waals surface area (Å²) in [5.74, 6) is -1.76. The summed E-state index contributed by atoms with van der Waals surface area (Å²) < 4.78 is 33.6. The molecule has 2 fully saturated rings. The van der Waals surface area contributed by atoms with E-state index in [0.29, 0.717) is 56.1 Å². The maximum atomic E-state index is 13.4. The van der Waals surface area contributed by atoms with E-state index in [9.17, 15) is 18.4 Å². The largest absolute Gasteiger partial charge is 0.490 e. The van der Waals surface area contributed by atoms with Crippen LogP contribution in [0.2, 0.25) is 0 Å². The number of likely N-dealkylation sites (tertiary alicyclic amines) is 2. The van der Waals surface area contributed by atoms with Crippen molar-refractivity contribution in [2.75, 3.05) is 44.6 Å². The van der Waals surface area contributed by atoms with Gasteiger partial charge in [-0.05, 0) is 52.5 Å². The van der Waals surface area contributed by atoms with Gasteiger partial charge in [0.2, 0.25) is 5.91 Å². The first-order valence-corrected chi connectivity index (χ1v) is 13.1. The molecular weight excluding hydrogens is 548 g/mol. The molecule has 198 valence electrons.